The minimum atomic E-state index is -0.0105. The van der Waals surface area contributed by atoms with Gasteiger partial charge in [-0.2, -0.15) is 0 Å². The summed E-state index contributed by atoms with van der Waals surface area (Å²) >= 11 is 1.70. The fraction of sp³-hybridized carbons (Fsp3) is 0.500. The third kappa shape index (κ3) is 2.94. The molecule has 0 aliphatic carbocycles. The van der Waals surface area contributed by atoms with Gasteiger partial charge in [0.25, 0.3) is 0 Å². The molecular formula is C10H15NOS. The van der Waals surface area contributed by atoms with E-state index in [4.69, 9.17) is 0 Å². The van der Waals surface area contributed by atoms with Gasteiger partial charge in [-0.1, -0.05) is 13.0 Å². The van der Waals surface area contributed by atoms with E-state index in [9.17, 15) is 4.79 Å². The van der Waals surface area contributed by atoms with Crippen molar-refractivity contribution in [3.8, 4) is 0 Å². The van der Waals surface area contributed by atoms with Gasteiger partial charge in [0, 0.05) is 17.7 Å². The first-order chi connectivity index (χ1) is 6.27. The first kappa shape index (κ1) is 10.4. The zero-order valence-corrected chi connectivity index (χ0v) is 8.86. The summed E-state index contributed by atoms with van der Waals surface area (Å²) in [7, 11) is 1.84. The summed E-state index contributed by atoms with van der Waals surface area (Å²) < 4.78 is 0. The van der Waals surface area contributed by atoms with Gasteiger partial charge in [-0.3, -0.25) is 4.79 Å². The van der Waals surface area contributed by atoms with Crippen LogP contribution in [0.3, 0.4) is 0 Å². The molecule has 0 saturated heterocycles. The molecule has 1 aromatic rings. The number of thiophene rings is 1. The predicted octanol–water partition coefficient (Wildman–Crippen LogP) is 1.86. The molecule has 1 atom stereocenters. The Balaban J connectivity index is 2.54. The maximum Gasteiger partial charge on any atom is 0.149 e. The molecule has 0 amide bonds. The van der Waals surface area contributed by atoms with Crippen LogP contribution in [0.25, 0.3) is 0 Å². The number of rotatable bonds is 5. The van der Waals surface area contributed by atoms with Crippen LogP contribution in [0.5, 0.6) is 0 Å². The number of likely N-dealkylation sites (N-methyl/N-ethyl adjacent to an activating group) is 1. The Kier molecular flexibility index (Phi) is 4.12. The average Bonchev–Trinajstić information content (AvgIpc) is 2.65. The Morgan fingerprint density at radius 2 is 2.46 bits per heavy atom. The van der Waals surface area contributed by atoms with Gasteiger partial charge in [-0.15, -0.1) is 11.3 Å². The molecule has 0 saturated carbocycles. The van der Waals surface area contributed by atoms with Crippen molar-refractivity contribution >= 4 is 17.1 Å². The van der Waals surface area contributed by atoms with Crippen LogP contribution in [0.1, 0.15) is 18.2 Å². The van der Waals surface area contributed by atoms with Crippen molar-refractivity contribution in [2.75, 3.05) is 7.05 Å². The van der Waals surface area contributed by atoms with Crippen molar-refractivity contribution in [1.29, 1.82) is 0 Å². The van der Waals surface area contributed by atoms with E-state index < -0.39 is 0 Å². The zero-order chi connectivity index (χ0) is 9.68. The van der Waals surface area contributed by atoms with E-state index in [1.54, 1.807) is 11.3 Å². The summed E-state index contributed by atoms with van der Waals surface area (Å²) in [5.74, 6) is 0.288. The van der Waals surface area contributed by atoms with Crippen molar-refractivity contribution in [3.63, 3.8) is 0 Å². The number of carbonyl (C=O) groups excluding carboxylic acids is 1. The monoisotopic (exact) mass is 197 g/mol. The van der Waals surface area contributed by atoms with Crippen molar-refractivity contribution in [1.82, 2.24) is 5.32 Å². The minimum absolute atomic E-state index is 0.0105. The summed E-state index contributed by atoms with van der Waals surface area (Å²) in [6.45, 7) is 1.90. The smallest absolute Gasteiger partial charge is 0.149 e. The van der Waals surface area contributed by atoms with E-state index in [2.05, 4.69) is 11.4 Å². The van der Waals surface area contributed by atoms with E-state index >= 15 is 0 Å². The van der Waals surface area contributed by atoms with Crippen LogP contribution >= 0.6 is 11.3 Å². The van der Waals surface area contributed by atoms with Crippen LogP contribution in [0.4, 0.5) is 0 Å². The summed E-state index contributed by atoms with van der Waals surface area (Å²) in [6, 6.07) is 4.07. The molecule has 0 unspecified atom stereocenters. The minimum Gasteiger partial charge on any atom is -0.310 e. The van der Waals surface area contributed by atoms with Gasteiger partial charge in [0.1, 0.15) is 5.78 Å². The maximum absolute atomic E-state index is 11.4. The van der Waals surface area contributed by atoms with E-state index in [0.29, 0.717) is 6.42 Å². The highest BCUT2D eigenvalue weighted by Crippen LogP contribution is 2.11. The van der Waals surface area contributed by atoms with E-state index in [1.807, 2.05) is 25.4 Å². The summed E-state index contributed by atoms with van der Waals surface area (Å²) in [5, 5.41) is 5.09. The topological polar surface area (TPSA) is 29.1 Å². The zero-order valence-electron chi connectivity index (χ0n) is 8.04. The van der Waals surface area contributed by atoms with Crippen LogP contribution in [-0.4, -0.2) is 18.9 Å². The molecule has 13 heavy (non-hydrogen) atoms. The SMILES string of the molecule is CCC(=O)[C@H](Cc1cccs1)NC. The Labute approximate surface area is 83.0 Å². The van der Waals surface area contributed by atoms with Crippen LogP contribution in [0, 0.1) is 0 Å². The fourth-order valence-electron chi connectivity index (χ4n) is 1.25. The number of nitrogens with one attached hydrogen (secondary N) is 1. The van der Waals surface area contributed by atoms with Gasteiger partial charge in [0.05, 0.1) is 6.04 Å². The largest absolute Gasteiger partial charge is 0.310 e. The molecule has 0 aliphatic heterocycles. The van der Waals surface area contributed by atoms with Gasteiger partial charge in [0.2, 0.25) is 0 Å². The molecule has 1 rings (SSSR count). The van der Waals surface area contributed by atoms with E-state index in [1.165, 1.54) is 4.88 Å². The van der Waals surface area contributed by atoms with Crippen LogP contribution < -0.4 is 5.32 Å². The predicted molar refractivity (Wildman–Crippen MR) is 56.2 cm³/mol. The Morgan fingerprint density at radius 1 is 1.69 bits per heavy atom. The second-order valence-electron chi connectivity index (χ2n) is 2.94. The third-order valence-electron chi connectivity index (χ3n) is 2.07. The number of ketones is 1. The molecule has 72 valence electrons. The average molecular weight is 197 g/mol. The highest BCUT2D eigenvalue weighted by Gasteiger charge is 2.14. The van der Waals surface area contributed by atoms with Gasteiger partial charge in [0.15, 0.2) is 0 Å². The lowest BCUT2D eigenvalue weighted by molar-refractivity contribution is -0.120. The van der Waals surface area contributed by atoms with Gasteiger partial charge in [-0.05, 0) is 18.5 Å². The summed E-state index contributed by atoms with van der Waals surface area (Å²) in [5.41, 5.74) is 0. The lowest BCUT2D eigenvalue weighted by atomic mass is 10.1. The number of hydrogen-bond acceptors (Lipinski definition) is 3. The number of carbonyl (C=O) groups is 1. The maximum atomic E-state index is 11.4. The molecule has 0 aliphatic rings. The van der Waals surface area contributed by atoms with Gasteiger partial charge in [-0.25, -0.2) is 0 Å². The molecular weight excluding hydrogens is 182 g/mol. The Bertz CT molecular complexity index is 256. The van der Waals surface area contributed by atoms with Crippen molar-refractivity contribution in [3.05, 3.63) is 22.4 Å². The molecule has 3 heteroatoms. The molecule has 2 nitrogen and oxygen atoms in total. The molecule has 1 aromatic heterocycles. The molecule has 0 spiro atoms. The summed E-state index contributed by atoms with van der Waals surface area (Å²) in [4.78, 5) is 12.7. The van der Waals surface area contributed by atoms with Crippen LogP contribution in [0.15, 0.2) is 17.5 Å². The fourth-order valence-corrected chi connectivity index (χ4v) is 2.01. The van der Waals surface area contributed by atoms with Gasteiger partial charge >= 0.3 is 0 Å². The molecule has 1 N–H and O–H groups in total. The highest BCUT2D eigenvalue weighted by molar-refractivity contribution is 7.09. The first-order valence-corrected chi connectivity index (χ1v) is 5.38. The Hall–Kier alpha value is -0.670. The molecule has 0 bridgehead atoms. The quantitative estimate of drug-likeness (QED) is 0.780. The number of hydrogen-bond donors (Lipinski definition) is 1. The molecule has 0 fully saturated rings. The van der Waals surface area contributed by atoms with Crippen molar-refractivity contribution in [2.45, 2.75) is 25.8 Å². The normalized spacial score (nSPS) is 12.8. The lowest BCUT2D eigenvalue weighted by Crippen LogP contribution is -2.35. The Morgan fingerprint density at radius 3 is 2.92 bits per heavy atom. The van der Waals surface area contributed by atoms with E-state index in [-0.39, 0.29) is 11.8 Å². The second-order valence-corrected chi connectivity index (χ2v) is 3.98. The van der Waals surface area contributed by atoms with Gasteiger partial charge < -0.3 is 5.32 Å². The van der Waals surface area contributed by atoms with Crippen molar-refractivity contribution < 1.29 is 4.79 Å². The number of Topliss-reactive ketones (excluding diaryl/α,β-unsaturated/α-hetero) is 1. The standard InChI is InChI=1S/C10H15NOS/c1-3-10(12)9(11-2)7-8-5-4-6-13-8/h4-6,9,11H,3,7H2,1-2H3/t9-/m0/s1. The molecule has 1 heterocycles. The highest BCUT2D eigenvalue weighted by atomic mass is 32.1. The third-order valence-corrected chi connectivity index (χ3v) is 2.97. The molecule has 0 aromatic carbocycles. The van der Waals surface area contributed by atoms with E-state index in [0.717, 1.165) is 6.42 Å². The van der Waals surface area contributed by atoms with Crippen LogP contribution in [0.2, 0.25) is 0 Å². The first-order valence-electron chi connectivity index (χ1n) is 4.50. The second kappa shape index (κ2) is 5.14. The van der Waals surface area contributed by atoms with Crippen LogP contribution in [-0.2, 0) is 11.2 Å². The lowest BCUT2D eigenvalue weighted by Gasteiger charge is -2.12. The van der Waals surface area contributed by atoms with Crippen molar-refractivity contribution in [2.24, 2.45) is 0 Å². The molecule has 0 radical (unpaired) electrons. The summed E-state index contributed by atoms with van der Waals surface area (Å²) in [6.07, 6.45) is 1.43.